The Morgan fingerprint density at radius 3 is 2.69 bits per heavy atom. The van der Waals surface area contributed by atoms with Crippen LogP contribution in [0.25, 0.3) is 0 Å². The first-order chi connectivity index (χ1) is 7.50. The first-order valence-electron chi connectivity index (χ1n) is 5.59. The van der Waals surface area contributed by atoms with Crippen molar-refractivity contribution < 1.29 is 4.79 Å². The third-order valence-corrected chi connectivity index (χ3v) is 2.65. The molecule has 0 atom stereocenters. The van der Waals surface area contributed by atoms with Crippen LogP contribution in [0.15, 0.2) is 18.2 Å². The first kappa shape index (κ1) is 12.7. The number of hydrogen-bond donors (Lipinski definition) is 2. The standard InChI is InChI=1S/C13H20N2O/c1-9(2)11-5-4-10(3)12(6-11)7-15-8-13(14)16/h4-6,9,15H,7-8H2,1-3H3,(H2,14,16). The Hall–Kier alpha value is -1.35. The maximum atomic E-state index is 10.6. The summed E-state index contributed by atoms with van der Waals surface area (Å²) in [5.74, 6) is 0.202. The number of benzene rings is 1. The molecule has 0 radical (unpaired) electrons. The van der Waals surface area contributed by atoms with Gasteiger partial charge in [0.15, 0.2) is 0 Å². The second kappa shape index (κ2) is 5.66. The van der Waals surface area contributed by atoms with Crippen LogP contribution in [-0.4, -0.2) is 12.5 Å². The Balaban J connectivity index is 2.70. The number of hydrogen-bond acceptors (Lipinski definition) is 2. The minimum absolute atomic E-state index is 0.228. The van der Waals surface area contributed by atoms with E-state index >= 15 is 0 Å². The number of amides is 1. The predicted octanol–water partition coefficient (Wildman–Crippen LogP) is 1.69. The van der Waals surface area contributed by atoms with Crippen molar-refractivity contribution in [1.82, 2.24) is 5.32 Å². The summed E-state index contributed by atoms with van der Waals surface area (Å²) in [5, 5.41) is 3.03. The van der Waals surface area contributed by atoms with Gasteiger partial charge >= 0.3 is 0 Å². The Labute approximate surface area is 97.0 Å². The van der Waals surface area contributed by atoms with Crippen LogP contribution in [-0.2, 0) is 11.3 Å². The minimum Gasteiger partial charge on any atom is -0.369 e. The predicted molar refractivity (Wildman–Crippen MR) is 66.2 cm³/mol. The van der Waals surface area contributed by atoms with Gasteiger partial charge in [0.05, 0.1) is 6.54 Å². The number of rotatable bonds is 5. The lowest BCUT2D eigenvalue weighted by atomic mass is 9.98. The van der Waals surface area contributed by atoms with Crippen molar-refractivity contribution in [2.75, 3.05) is 6.54 Å². The number of primary amides is 1. The van der Waals surface area contributed by atoms with Gasteiger partial charge in [-0.15, -0.1) is 0 Å². The molecule has 1 amide bonds. The van der Waals surface area contributed by atoms with Crippen LogP contribution in [0, 0.1) is 6.92 Å². The fourth-order valence-electron chi connectivity index (χ4n) is 1.56. The molecule has 0 aromatic heterocycles. The SMILES string of the molecule is Cc1ccc(C(C)C)cc1CNCC(N)=O. The molecule has 0 aliphatic carbocycles. The Morgan fingerprint density at radius 2 is 2.12 bits per heavy atom. The molecular formula is C13H20N2O. The van der Waals surface area contributed by atoms with E-state index in [1.165, 1.54) is 16.7 Å². The van der Waals surface area contributed by atoms with Gasteiger partial charge in [0, 0.05) is 6.54 Å². The van der Waals surface area contributed by atoms with Crippen LogP contribution in [0.2, 0.25) is 0 Å². The zero-order valence-corrected chi connectivity index (χ0v) is 10.2. The van der Waals surface area contributed by atoms with E-state index in [0.29, 0.717) is 12.5 Å². The Bertz CT molecular complexity index is 372. The summed E-state index contributed by atoms with van der Waals surface area (Å²) in [6, 6.07) is 6.46. The van der Waals surface area contributed by atoms with Gasteiger partial charge in [0.1, 0.15) is 0 Å². The molecule has 3 N–H and O–H groups in total. The van der Waals surface area contributed by atoms with Gasteiger partial charge in [-0.1, -0.05) is 32.0 Å². The summed E-state index contributed by atoms with van der Waals surface area (Å²) in [6.07, 6.45) is 0. The second-order valence-corrected chi connectivity index (χ2v) is 4.41. The van der Waals surface area contributed by atoms with Crippen LogP contribution < -0.4 is 11.1 Å². The highest BCUT2D eigenvalue weighted by Gasteiger charge is 2.03. The average molecular weight is 220 g/mol. The Kier molecular flexibility index (Phi) is 4.50. The van der Waals surface area contributed by atoms with Gasteiger partial charge in [-0.25, -0.2) is 0 Å². The van der Waals surface area contributed by atoms with E-state index in [2.05, 4.69) is 44.3 Å². The largest absolute Gasteiger partial charge is 0.369 e. The summed E-state index contributed by atoms with van der Waals surface area (Å²) in [7, 11) is 0. The van der Waals surface area contributed by atoms with Crippen molar-refractivity contribution in [3.8, 4) is 0 Å². The lowest BCUT2D eigenvalue weighted by Gasteiger charge is -2.11. The van der Waals surface area contributed by atoms with Crippen LogP contribution in [0.4, 0.5) is 0 Å². The molecule has 1 aromatic rings. The van der Waals surface area contributed by atoms with Crippen molar-refractivity contribution >= 4 is 5.91 Å². The quantitative estimate of drug-likeness (QED) is 0.793. The third-order valence-electron chi connectivity index (χ3n) is 2.65. The molecule has 0 aliphatic heterocycles. The summed E-state index contributed by atoms with van der Waals surface area (Å²) < 4.78 is 0. The van der Waals surface area contributed by atoms with Crippen LogP contribution >= 0.6 is 0 Å². The summed E-state index contributed by atoms with van der Waals surface area (Å²) in [5.41, 5.74) is 8.86. The first-order valence-corrected chi connectivity index (χ1v) is 5.59. The number of carbonyl (C=O) groups is 1. The van der Waals surface area contributed by atoms with Crippen LogP contribution in [0.3, 0.4) is 0 Å². The van der Waals surface area contributed by atoms with Gasteiger partial charge in [0.25, 0.3) is 0 Å². The zero-order chi connectivity index (χ0) is 12.1. The Morgan fingerprint density at radius 1 is 1.44 bits per heavy atom. The number of aryl methyl sites for hydroxylation is 1. The summed E-state index contributed by atoms with van der Waals surface area (Å²) >= 11 is 0. The molecule has 3 nitrogen and oxygen atoms in total. The lowest BCUT2D eigenvalue weighted by molar-refractivity contribution is -0.117. The molecule has 1 rings (SSSR count). The summed E-state index contributed by atoms with van der Waals surface area (Å²) in [4.78, 5) is 10.6. The number of nitrogens with two attached hydrogens (primary N) is 1. The molecule has 0 fully saturated rings. The van der Waals surface area contributed by atoms with Crippen molar-refractivity contribution in [1.29, 1.82) is 0 Å². The van der Waals surface area contributed by atoms with Crippen LogP contribution in [0.5, 0.6) is 0 Å². The molecule has 0 aliphatic rings. The highest BCUT2D eigenvalue weighted by molar-refractivity contribution is 5.75. The molecule has 88 valence electrons. The molecule has 0 spiro atoms. The van der Waals surface area contributed by atoms with E-state index in [4.69, 9.17) is 5.73 Å². The topological polar surface area (TPSA) is 55.1 Å². The van der Waals surface area contributed by atoms with E-state index < -0.39 is 0 Å². The molecule has 0 saturated carbocycles. The van der Waals surface area contributed by atoms with Gasteiger partial charge in [-0.3, -0.25) is 4.79 Å². The molecule has 1 aromatic carbocycles. The number of carbonyl (C=O) groups excluding carboxylic acids is 1. The monoisotopic (exact) mass is 220 g/mol. The van der Waals surface area contributed by atoms with E-state index in [1.54, 1.807) is 0 Å². The average Bonchev–Trinajstić information content (AvgIpc) is 2.20. The van der Waals surface area contributed by atoms with Gasteiger partial charge in [-0.05, 0) is 29.5 Å². The van der Waals surface area contributed by atoms with E-state index in [-0.39, 0.29) is 12.5 Å². The maximum Gasteiger partial charge on any atom is 0.231 e. The minimum atomic E-state index is -0.322. The van der Waals surface area contributed by atoms with Gasteiger partial charge in [0.2, 0.25) is 5.91 Å². The highest BCUT2D eigenvalue weighted by Crippen LogP contribution is 2.18. The lowest BCUT2D eigenvalue weighted by Crippen LogP contribution is -2.28. The van der Waals surface area contributed by atoms with Crippen molar-refractivity contribution in [2.45, 2.75) is 33.2 Å². The maximum absolute atomic E-state index is 10.6. The smallest absolute Gasteiger partial charge is 0.231 e. The summed E-state index contributed by atoms with van der Waals surface area (Å²) in [6.45, 7) is 7.34. The highest BCUT2D eigenvalue weighted by atomic mass is 16.1. The molecule has 3 heteroatoms. The van der Waals surface area contributed by atoms with Crippen LogP contribution in [0.1, 0.15) is 36.5 Å². The van der Waals surface area contributed by atoms with E-state index in [0.717, 1.165) is 0 Å². The van der Waals surface area contributed by atoms with E-state index in [9.17, 15) is 4.79 Å². The van der Waals surface area contributed by atoms with Gasteiger partial charge in [-0.2, -0.15) is 0 Å². The fourth-order valence-corrected chi connectivity index (χ4v) is 1.56. The molecule has 0 unspecified atom stereocenters. The molecule has 0 bridgehead atoms. The third kappa shape index (κ3) is 3.66. The van der Waals surface area contributed by atoms with Crippen molar-refractivity contribution in [2.24, 2.45) is 5.73 Å². The number of nitrogens with one attached hydrogen (secondary N) is 1. The van der Waals surface area contributed by atoms with Crippen molar-refractivity contribution in [3.63, 3.8) is 0 Å². The second-order valence-electron chi connectivity index (χ2n) is 4.41. The molecular weight excluding hydrogens is 200 g/mol. The van der Waals surface area contributed by atoms with Crippen molar-refractivity contribution in [3.05, 3.63) is 34.9 Å². The zero-order valence-electron chi connectivity index (χ0n) is 10.2. The van der Waals surface area contributed by atoms with E-state index in [1.807, 2.05) is 0 Å². The molecule has 0 saturated heterocycles. The van der Waals surface area contributed by atoms with Gasteiger partial charge < -0.3 is 11.1 Å². The normalized spacial score (nSPS) is 10.8. The molecule has 16 heavy (non-hydrogen) atoms. The fraction of sp³-hybridized carbons (Fsp3) is 0.462. The molecule has 0 heterocycles.